The molecule has 0 bridgehead atoms. The van der Waals surface area contributed by atoms with E-state index in [-0.39, 0.29) is 5.91 Å². The summed E-state index contributed by atoms with van der Waals surface area (Å²) in [5, 5.41) is 10.3. The first-order chi connectivity index (χ1) is 11.2. The van der Waals surface area contributed by atoms with E-state index in [9.17, 15) is 4.79 Å². The number of anilines is 2. The van der Waals surface area contributed by atoms with Crippen LogP contribution in [-0.2, 0) is 19.5 Å². The van der Waals surface area contributed by atoms with Gasteiger partial charge in [0.15, 0.2) is 0 Å². The topological polar surface area (TPSA) is 53.2 Å². The van der Waals surface area contributed by atoms with Crippen molar-refractivity contribution >= 4 is 28.9 Å². The number of nitrogens with one attached hydrogen (secondary N) is 3. The van der Waals surface area contributed by atoms with E-state index >= 15 is 0 Å². The third kappa shape index (κ3) is 2.80. The predicted octanol–water partition coefficient (Wildman–Crippen LogP) is 3.55. The Bertz CT molecular complexity index is 788. The summed E-state index contributed by atoms with van der Waals surface area (Å²) in [5.41, 5.74) is 6.01. The van der Waals surface area contributed by atoms with Crippen LogP contribution in [0.2, 0.25) is 5.02 Å². The summed E-state index contributed by atoms with van der Waals surface area (Å²) >= 11 is 6.19. The Morgan fingerprint density at radius 2 is 1.96 bits per heavy atom. The second-order valence-corrected chi connectivity index (χ2v) is 6.50. The van der Waals surface area contributed by atoms with Gasteiger partial charge in [0.05, 0.1) is 11.3 Å². The molecule has 0 unspecified atom stereocenters. The zero-order chi connectivity index (χ0) is 15.8. The third-order valence-corrected chi connectivity index (χ3v) is 4.67. The first kappa shape index (κ1) is 14.5. The molecule has 2 aromatic carbocycles. The number of carbonyl (C=O) groups is 1. The molecule has 23 heavy (non-hydrogen) atoms. The average molecular weight is 328 g/mol. The number of fused-ring (bicyclic) bond motifs is 2. The van der Waals surface area contributed by atoms with E-state index in [1.54, 1.807) is 6.07 Å². The van der Waals surface area contributed by atoms with Gasteiger partial charge in [-0.2, -0.15) is 0 Å². The van der Waals surface area contributed by atoms with E-state index in [1.165, 1.54) is 11.1 Å². The summed E-state index contributed by atoms with van der Waals surface area (Å²) in [6.07, 6.45) is 2.01. The highest BCUT2D eigenvalue weighted by molar-refractivity contribution is 6.31. The molecule has 2 aliphatic heterocycles. The first-order valence-corrected chi connectivity index (χ1v) is 8.29. The van der Waals surface area contributed by atoms with Crippen molar-refractivity contribution in [3.63, 3.8) is 0 Å². The lowest BCUT2D eigenvalue weighted by molar-refractivity contribution is 0.102. The molecule has 4 rings (SSSR count). The number of rotatable bonds is 2. The van der Waals surface area contributed by atoms with Crippen LogP contribution >= 0.6 is 11.6 Å². The van der Waals surface area contributed by atoms with E-state index in [4.69, 9.17) is 11.6 Å². The molecule has 0 saturated carbocycles. The number of hydrogen-bond acceptors (Lipinski definition) is 3. The summed E-state index contributed by atoms with van der Waals surface area (Å²) < 4.78 is 0. The maximum Gasteiger partial charge on any atom is 0.257 e. The van der Waals surface area contributed by atoms with Gasteiger partial charge in [0.1, 0.15) is 0 Å². The van der Waals surface area contributed by atoms with E-state index in [0.29, 0.717) is 10.6 Å². The molecule has 2 aromatic rings. The number of benzene rings is 2. The fourth-order valence-electron chi connectivity index (χ4n) is 3.31. The normalized spacial score (nSPS) is 15.5. The Kier molecular flexibility index (Phi) is 3.71. The lowest BCUT2D eigenvalue weighted by Crippen LogP contribution is -2.19. The third-order valence-electron chi connectivity index (χ3n) is 4.45. The quantitative estimate of drug-likeness (QED) is 0.790. The van der Waals surface area contributed by atoms with Crippen molar-refractivity contribution in [3.8, 4) is 0 Å². The molecule has 5 heteroatoms. The van der Waals surface area contributed by atoms with Crippen molar-refractivity contribution in [2.45, 2.75) is 25.9 Å². The molecule has 0 radical (unpaired) electrons. The van der Waals surface area contributed by atoms with Gasteiger partial charge in [-0.05, 0) is 53.8 Å². The van der Waals surface area contributed by atoms with Gasteiger partial charge >= 0.3 is 0 Å². The lowest BCUT2D eigenvalue weighted by Gasteiger charge is -2.21. The van der Waals surface area contributed by atoms with Crippen LogP contribution in [-0.4, -0.2) is 12.5 Å². The van der Waals surface area contributed by atoms with Gasteiger partial charge in [-0.25, -0.2) is 0 Å². The highest BCUT2D eigenvalue weighted by Crippen LogP contribution is 2.30. The molecule has 0 aromatic heterocycles. The Labute approximate surface area is 140 Å². The molecule has 0 saturated heterocycles. The molecular weight excluding hydrogens is 310 g/mol. The van der Waals surface area contributed by atoms with Crippen molar-refractivity contribution in [1.82, 2.24) is 5.32 Å². The molecule has 2 aliphatic rings. The lowest BCUT2D eigenvalue weighted by atomic mass is 9.99. The number of carbonyl (C=O) groups excluding carboxylic acids is 1. The highest BCUT2D eigenvalue weighted by Gasteiger charge is 2.19. The smallest absolute Gasteiger partial charge is 0.257 e. The maximum absolute atomic E-state index is 12.7. The minimum Gasteiger partial charge on any atom is -0.384 e. The van der Waals surface area contributed by atoms with Crippen molar-refractivity contribution in [1.29, 1.82) is 0 Å². The summed E-state index contributed by atoms with van der Waals surface area (Å²) in [5.74, 6) is -0.121. The second kappa shape index (κ2) is 5.87. The van der Waals surface area contributed by atoms with E-state index in [2.05, 4.69) is 22.0 Å². The number of amides is 1. The molecule has 0 fully saturated rings. The standard InChI is InChI=1S/C18H18ClN3O/c19-14-6-11-2-1-5-21-17(11)16(8-14)18(23)22-15-4-3-12-9-20-10-13(12)7-15/h3-4,6-8,20-21H,1-2,5,9-10H2,(H,22,23). The summed E-state index contributed by atoms with van der Waals surface area (Å²) in [4.78, 5) is 12.7. The van der Waals surface area contributed by atoms with Crippen molar-refractivity contribution < 1.29 is 4.79 Å². The SMILES string of the molecule is O=C(Nc1ccc2c(c1)CNC2)c1cc(Cl)cc2c1NCCC2. The van der Waals surface area contributed by atoms with Gasteiger partial charge in [-0.3, -0.25) is 4.79 Å². The molecule has 4 nitrogen and oxygen atoms in total. The summed E-state index contributed by atoms with van der Waals surface area (Å²) in [6.45, 7) is 2.64. The van der Waals surface area contributed by atoms with Crippen molar-refractivity contribution in [3.05, 3.63) is 57.6 Å². The fourth-order valence-corrected chi connectivity index (χ4v) is 3.55. The fraction of sp³-hybridized carbons (Fsp3) is 0.278. The van der Waals surface area contributed by atoms with Crippen molar-refractivity contribution in [2.75, 3.05) is 17.2 Å². The molecule has 3 N–H and O–H groups in total. The van der Waals surface area contributed by atoms with Crippen LogP contribution in [0.5, 0.6) is 0 Å². The van der Waals surface area contributed by atoms with Crippen LogP contribution in [0.15, 0.2) is 30.3 Å². The van der Waals surface area contributed by atoms with E-state index in [0.717, 1.165) is 49.4 Å². The zero-order valence-corrected chi connectivity index (χ0v) is 13.5. The number of halogens is 1. The predicted molar refractivity (Wildman–Crippen MR) is 93.2 cm³/mol. The Balaban J connectivity index is 1.63. The highest BCUT2D eigenvalue weighted by atomic mass is 35.5. The number of hydrogen-bond donors (Lipinski definition) is 3. The Hall–Kier alpha value is -2.04. The van der Waals surface area contributed by atoms with Gasteiger partial charge in [0, 0.05) is 30.3 Å². The average Bonchev–Trinajstić information content (AvgIpc) is 3.01. The Morgan fingerprint density at radius 1 is 1.09 bits per heavy atom. The minimum atomic E-state index is -0.121. The molecule has 1 amide bonds. The first-order valence-electron chi connectivity index (χ1n) is 7.91. The molecule has 2 heterocycles. The van der Waals surface area contributed by atoms with Gasteiger partial charge in [-0.1, -0.05) is 17.7 Å². The van der Waals surface area contributed by atoms with Gasteiger partial charge in [0.25, 0.3) is 5.91 Å². The monoisotopic (exact) mass is 327 g/mol. The molecule has 0 spiro atoms. The molecule has 118 valence electrons. The van der Waals surface area contributed by atoms with Crippen LogP contribution < -0.4 is 16.0 Å². The van der Waals surface area contributed by atoms with Gasteiger partial charge < -0.3 is 16.0 Å². The van der Waals surface area contributed by atoms with E-state index < -0.39 is 0 Å². The van der Waals surface area contributed by atoms with Crippen LogP contribution in [0.4, 0.5) is 11.4 Å². The molecule has 0 atom stereocenters. The summed E-state index contributed by atoms with van der Waals surface area (Å²) in [6, 6.07) is 9.74. The van der Waals surface area contributed by atoms with Crippen molar-refractivity contribution in [2.24, 2.45) is 0 Å². The van der Waals surface area contributed by atoms with Crippen LogP contribution in [0.25, 0.3) is 0 Å². The minimum absolute atomic E-state index is 0.121. The van der Waals surface area contributed by atoms with Crippen LogP contribution in [0.3, 0.4) is 0 Å². The largest absolute Gasteiger partial charge is 0.384 e. The van der Waals surface area contributed by atoms with Crippen LogP contribution in [0, 0.1) is 0 Å². The zero-order valence-electron chi connectivity index (χ0n) is 12.7. The van der Waals surface area contributed by atoms with Crippen LogP contribution in [0.1, 0.15) is 33.5 Å². The van der Waals surface area contributed by atoms with E-state index in [1.807, 2.05) is 18.2 Å². The Morgan fingerprint density at radius 3 is 2.87 bits per heavy atom. The molecular formula is C18H18ClN3O. The second-order valence-electron chi connectivity index (χ2n) is 6.06. The van der Waals surface area contributed by atoms with Gasteiger partial charge in [-0.15, -0.1) is 0 Å². The summed E-state index contributed by atoms with van der Waals surface area (Å²) in [7, 11) is 0. The van der Waals surface area contributed by atoms with Gasteiger partial charge in [0.2, 0.25) is 0 Å². The maximum atomic E-state index is 12.7. The number of aryl methyl sites for hydroxylation is 1. The molecule has 0 aliphatic carbocycles.